The van der Waals surface area contributed by atoms with E-state index in [1.165, 1.54) is 60.5 Å². The molecule has 3 heterocycles. The molecule has 0 spiro atoms. The predicted molar refractivity (Wildman–Crippen MR) is 286 cm³/mol. The number of rotatable bonds is 24. The Hall–Kier alpha value is -8.68. The smallest absolute Gasteiger partial charge is 0.410 e. The Labute approximate surface area is 469 Å². The number of aliphatic carboxylic acids is 1. The summed E-state index contributed by atoms with van der Waals surface area (Å²) in [5.41, 5.74) is 5.17. The lowest BCUT2D eigenvalue weighted by Crippen LogP contribution is -2.55. The first-order valence-electron chi connectivity index (χ1n) is 26.2. The van der Waals surface area contributed by atoms with Crippen LogP contribution in [0.1, 0.15) is 83.8 Å². The molecule has 8 N–H and O–H groups in total. The van der Waals surface area contributed by atoms with Crippen molar-refractivity contribution in [3.05, 3.63) is 119 Å². The Kier molecular flexibility index (Phi) is 20.7. The summed E-state index contributed by atoms with van der Waals surface area (Å²) >= 11 is 0. The lowest BCUT2D eigenvalue weighted by atomic mass is 9.84. The number of imidazole rings is 1. The number of aliphatic hydroxyl groups is 1. The molecule has 1 saturated heterocycles. The minimum absolute atomic E-state index is 0.00848. The number of benzene rings is 3. The Morgan fingerprint density at radius 3 is 2.16 bits per heavy atom. The molecule has 0 aliphatic carbocycles. The average molecular weight is 1150 g/mol. The molecule has 82 heavy (non-hydrogen) atoms. The van der Waals surface area contributed by atoms with Crippen molar-refractivity contribution in [2.24, 2.45) is 23.0 Å². The highest BCUT2D eigenvalue weighted by Crippen LogP contribution is 2.41. The molecule has 0 bridgehead atoms. The molecule has 1 fully saturated rings. The summed E-state index contributed by atoms with van der Waals surface area (Å²) in [6.07, 6.45) is -1.80. The van der Waals surface area contributed by atoms with Crippen molar-refractivity contribution in [2.75, 3.05) is 31.5 Å². The molecule has 4 aromatic rings. The van der Waals surface area contributed by atoms with Gasteiger partial charge in [-0.3, -0.25) is 33.7 Å². The first-order valence-corrected chi connectivity index (χ1v) is 26.2. The zero-order valence-corrected chi connectivity index (χ0v) is 45.9. The SMILES string of the molecule is CC(C)[C@H](NC(=O)C[C@@H](C(=O)O)N1C(=O)C=CC1=O)C(=O)N[C@@H](CCCNC(N)=O)C(=O)Nc1ccc(COC(=O)N2CC(CN(C(=O)[C@H](C)O)[C@@H](c3nc(-c4cc(F)ccc4F)cn3Cc3cccc(F)c3)C(C)(C)C)[C@@H](F)C2)cc1. The molecule has 1 aromatic heterocycles. The van der Waals surface area contributed by atoms with Crippen LogP contribution in [0.15, 0.2) is 85.1 Å². The number of urea groups is 1. The topological polar surface area (TPSA) is 305 Å². The molecule has 440 valence electrons. The van der Waals surface area contributed by atoms with Crippen molar-refractivity contribution < 1.29 is 75.7 Å². The summed E-state index contributed by atoms with van der Waals surface area (Å²) in [5, 5.41) is 30.6. The number of hydrogen-bond acceptors (Lipinski definition) is 12. The third-order valence-corrected chi connectivity index (χ3v) is 13.6. The highest BCUT2D eigenvalue weighted by Gasteiger charge is 2.45. The molecule has 22 nitrogen and oxygen atoms in total. The number of imide groups is 1. The van der Waals surface area contributed by atoms with Crippen LogP contribution in [0.5, 0.6) is 0 Å². The molecule has 26 heteroatoms. The highest BCUT2D eigenvalue weighted by molar-refractivity contribution is 6.15. The maximum atomic E-state index is 16.2. The molecular formula is C56H66F4N10O12. The Bertz CT molecular complexity index is 3060. The van der Waals surface area contributed by atoms with Crippen LogP contribution in [0, 0.1) is 34.7 Å². The van der Waals surface area contributed by atoms with Gasteiger partial charge in [0.1, 0.15) is 60.3 Å². The molecule has 0 radical (unpaired) electrons. The van der Waals surface area contributed by atoms with Crippen LogP contribution in [-0.4, -0.2) is 145 Å². The van der Waals surface area contributed by atoms with Gasteiger partial charge in [-0.05, 0) is 84.7 Å². The quantitative estimate of drug-likeness (QED) is 0.0285. The number of ether oxygens (including phenoxy) is 1. The number of hydrogen-bond donors (Lipinski definition) is 7. The van der Waals surface area contributed by atoms with Gasteiger partial charge in [-0.25, -0.2) is 36.9 Å². The summed E-state index contributed by atoms with van der Waals surface area (Å²) in [4.78, 5) is 123. The number of carbonyl (C=O) groups excluding carboxylic acids is 8. The van der Waals surface area contributed by atoms with E-state index in [1.54, 1.807) is 45.3 Å². The van der Waals surface area contributed by atoms with Gasteiger partial charge in [0.25, 0.3) is 17.7 Å². The van der Waals surface area contributed by atoms with Crippen LogP contribution in [0.2, 0.25) is 0 Å². The van der Waals surface area contributed by atoms with Crippen LogP contribution in [0.25, 0.3) is 11.3 Å². The summed E-state index contributed by atoms with van der Waals surface area (Å²) in [5.74, 6) is -10.4. The normalized spacial score (nSPS) is 17.0. The van der Waals surface area contributed by atoms with E-state index in [4.69, 9.17) is 15.5 Å². The third kappa shape index (κ3) is 16.2. The number of primary amides is 1. The molecule has 1 unspecified atom stereocenters. The summed E-state index contributed by atoms with van der Waals surface area (Å²) < 4.78 is 67.6. The van der Waals surface area contributed by atoms with E-state index in [0.29, 0.717) is 16.0 Å². The molecular weight excluding hydrogens is 1080 g/mol. The maximum Gasteiger partial charge on any atom is 0.410 e. The van der Waals surface area contributed by atoms with Gasteiger partial charge in [0.05, 0.1) is 24.7 Å². The zero-order chi connectivity index (χ0) is 60.3. The van der Waals surface area contributed by atoms with E-state index in [9.17, 15) is 62.1 Å². The number of nitrogens with one attached hydrogen (secondary N) is 4. The molecule has 2 aliphatic rings. The highest BCUT2D eigenvalue weighted by atomic mass is 19.1. The van der Waals surface area contributed by atoms with E-state index < -0.39 is 138 Å². The van der Waals surface area contributed by atoms with E-state index in [2.05, 4.69) is 21.3 Å². The fourth-order valence-corrected chi connectivity index (χ4v) is 9.54. The standard InChI is InChI=1S/C56H66F4N10O12/c1-30(2)47(66-44(72)23-43(53(78)79)70-45(73)18-19-46(70)74)51(76)65-41(11-8-20-62-54(61)80)50(75)63-37-15-12-32(13-16-37)29-82-55(81)68-25-34(40(60)27-68)26-69(52(77)31(3)71)48(56(4,5)6)49-64-42(38-22-36(58)14-17-39(38)59)28-67(49)24-33-9-7-10-35(57)21-33/h7,9-10,12-19,21-22,28,30-31,34,40-41,43,47-48,71H,8,11,20,23-27,29H2,1-6H3,(H,63,75)(H,65,76)(H,66,72)(H,78,79)(H3,61,62,80)/t31-,34?,40-,41-,43-,47-,48-/m0/s1. The van der Waals surface area contributed by atoms with Gasteiger partial charge in [0, 0.05) is 61.7 Å². The zero-order valence-electron chi connectivity index (χ0n) is 45.9. The van der Waals surface area contributed by atoms with E-state index in [1.807, 2.05) is 0 Å². The van der Waals surface area contributed by atoms with Crippen LogP contribution < -0.4 is 27.0 Å². The number of amides is 9. The van der Waals surface area contributed by atoms with Gasteiger partial charge >= 0.3 is 18.1 Å². The number of carbonyl (C=O) groups is 9. The van der Waals surface area contributed by atoms with Crippen LogP contribution in [-0.2, 0) is 51.5 Å². The number of aromatic nitrogens is 2. The van der Waals surface area contributed by atoms with E-state index >= 15 is 8.78 Å². The van der Waals surface area contributed by atoms with E-state index in [-0.39, 0.29) is 68.4 Å². The number of nitrogens with zero attached hydrogens (tertiary/aromatic N) is 5. The second kappa shape index (κ2) is 27.2. The molecule has 9 amide bonds. The van der Waals surface area contributed by atoms with Gasteiger partial charge in [-0.2, -0.15) is 0 Å². The third-order valence-electron chi connectivity index (χ3n) is 13.6. The largest absolute Gasteiger partial charge is 0.480 e. The van der Waals surface area contributed by atoms with Crippen LogP contribution in [0.4, 0.5) is 32.8 Å². The van der Waals surface area contributed by atoms with Crippen LogP contribution >= 0.6 is 0 Å². The minimum Gasteiger partial charge on any atom is -0.480 e. The Morgan fingerprint density at radius 1 is 0.878 bits per heavy atom. The monoisotopic (exact) mass is 1150 g/mol. The first-order chi connectivity index (χ1) is 38.6. The van der Waals surface area contributed by atoms with Crippen molar-refractivity contribution in [3.8, 4) is 11.3 Å². The Balaban J connectivity index is 1.12. The number of anilines is 1. The average Bonchev–Trinajstić information content (AvgIpc) is 3.30. The summed E-state index contributed by atoms with van der Waals surface area (Å²) in [7, 11) is 0. The Morgan fingerprint density at radius 2 is 1.55 bits per heavy atom. The maximum absolute atomic E-state index is 16.2. The van der Waals surface area contributed by atoms with Crippen molar-refractivity contribution >= 4 is 59.2 Å². The molecule has 3 aromatic carbocycles. The summed E-state index contributed by atoms with van der Waals surface area (Å²) in [6, 6.07) is 8.12. The minimum atomic E-state index is -1.87. The number of halogens is 4. The number of nitrogens with two attached hydrogens (primary N) is 1. The molecule has 7 atom stereocenters. The number of likely N-dealkylation sites (tertiary alicyclic amines) is 1. The fourth-order valence-electron chi connectivity index (χ4n) is 9.54. The molecule has 6 rings (SSSR count). The fraction of sp³-hybridized carbons (Fsp3) is 0.429. The van der Waals surface area contributed by atoms with Crippen molar-refractivity contribution in [3.63, 3.8) is 0 Å². The van der Waals surface area contributed by atoms with Gasteiger partial charge in [-0.15, -0.1) is 0 Å². The predicted octanol–water partition coefficient (Wildman–Crippen LogP) is 4.70. The number of aliphatic hydroxyl groups excluding tert-OH is 1. The van der Waals surface area contributed by atoms with Gasteiger partial charge < -0.3 is 56.3 Å². The lowest BCUT2D eigenvalue weighted by molar-refractivity contribution is -0.154. The first kappa shape index (κ1) is 62.5. The van der Waals surface area contributed by atoms with Crippen molar-refractivity contribution in [1.82, 2.24) is 40.2 Å². The molecule has 2 aliphatic heterocycles. The van der Waals surface area contributed by atoms with Gasteiger partial charge in [-0.1, -0.05) is 58.9 Å². The second-order valence-corrected chi connectivity index (χ2v) is 21.4. The van der Waals surface area contributed by atoms with E-state index in [0.717, 1.165) is 35.3 Å². The second-order valence-electron chi connectivity index (χ2n) is 21.4. The lowest BCUT2D eigenvalue weighted by Gasteiger charge is -2.41. The van der Waals surface area contributed by atoms with Crippen molar-refractivity contribution in [1.29, 1.82) is 0 Å². The van der Waals surface area contributed by atoms with Gasteiger partial charge in [0.2, 0.25) is 17.7 Å². The number of alkyl halides is 1. The van der Waals surface area contributed by atoms with Gasteiger partial charge in [0.15, 0.2) is 0 Å². The number of carboxylic acid groups (broad SMARTS) is 1. The summed E-state index contributed by atoms with van der Waals surface area (Å²) in [6.45, 7) is 8.38. The van der Waals surface area contributed by atoms with Crippen LogP contribution in [0.3, 0.4) is 0 Å². The molecule has 0 saturated carbocycles. The number of carboxylic acids is 1. The van der Waals surface area contributed by atoms with Crippen molar-refractivity contribution in [2.45, 2.75) is 110 Å².